The highest BCUT2D eigenvalue weighted by molar-refractivity contribution is 7.95. The molecule has 120 valence electrons. The molecule has 0 saturated carbocycles. The minimum Gasteiger partial charge on any atom is -0.284 e. The maximum absolute atomic E-state index is 11.7. The SMILES string of the molecule is CS(=O)(=O)CCS(=O)(=O)Nc1ccc(CS(N)(=O)=O)cc1. The maximum atomic E-state index is 11.7. The topological polar surface area (TPSA) is 140 Å². The molecule has 1 aromatic carbocycles. The quantitative estimate of drug-likeness (QED) is 0.659. The molecule has 0 fully saturated rings. The van der Waals surface area contributed by atoms with Crippen molar-refractivity contribution in [1.29, 1.82) is 0 Å². The molecule has 0 spiro atoms. The Labute approximate surface area is 124 Å². The molecule has 0 aliphatic rings. The van der Waals surface area contributed by atoms with E-state index in [1.807, 2.05) is 0 Å². The number of nitrogens with two attached hydrogens (primary N) is 1. The van der Waals surface area contributed by atoms with Crippen molar-refractivity contribution in [2.24, 2.45) is 5.14 Å². The van der Waals surface area contributed by atoms with Crippen LogP contribution in [-0.4, -0.2) is 43.0 Å². The van der Waals surface area contributed by atoms with E-state index >= 15 is 0 Å². The predicted molar refractivity (Wildman–Crippen MR) is 80.4 cm³/mol. The summed E-state index contributed by atoms with van der Waals surface area (Å²) in [5.74, 6) is -1.38. The summed E-state index contributed by atoms with van der Waals surface area (Å²) in [6.07, 6.45) is 0.949. The third kappa shape index (κ3) is 7.99. The van der Waals surface area contributed by atoms with E-state index in [4.69, 9.17) is 5.14 Å². The first-order valence-electron chi connectivity index (χ1n) is 5.64. The number of hydrogen-bond donors (Lipinski definition) is 2. The van der Waals surface area contributed by atoms with Crippen LogP contribution in [-0.2, 0) is 35.6 Å². The van der Waals surface area contributed by atoms with Crippen molar-refractivity contribution in [3.8, 4) is 0 Å². The summed E-state index contributed by atoms with van der Waals surface area (Å²) in [5.41, 5.74) is 0.623. The summed E-state index contributed by atoms with van der Waals surface area (Å²) in [4.78, 5) is 0. The molecule has 8 nitrogen and oxygen atoms in total. The number of primary sulfonamides is 1. The third-order valence-corrected chi connectivity index (χ3v) is 5.55. The number of sulfonamides is 2. The van der Waals surface area contributed by atoms with E-state index in [0.717, 1.165) is 6.26 Å². The van der Waals surface area contributed by atoms with Gasteiger partial charge in [-0.1, -0.05) is 12.1 Å². The average Bonchev–Trinajstić information content (AvgIpc) is 2.26. The monoisotopic (exact) mass is 356 g/mol. The minimum absolute atomic E-state index is 0.210. The highest BCUT2D eigenvalue weighted by Crippen LogP contribution is 2.13. The molecule has 0 unspecified atom stereocenters. The van der Waals surface area contributed by atoms with Crippen LogP contribution in [0.5, 0.6) is 0 Å². The van der Waals surface area contributed by atoms with Gasteiger partial charge in [0.2, 0.25) is 20.0 Å². The van der Waals surface area contributed by atoms with Gasteiger partial charge in [-0.3, -0.25) is 4.72 Å². The third-order valence-electron chi connectivity index (χ3n) is 2.32. The number of anilines is 1. The molecule has 0 heterocycles. The molecule has 0 atom stereocenters. The van der Waals surface area contributed by atoms with Gasteiger partial charge >= 0.3 is 0 Å². The van der Waals surface area contributed by atoms with Gasteiger partial charge in [0.25, 0.3) is 0 Å². The molecule has 0 saturated heterocycles. The van der Waals surface area contributed by atoms with Gasteiger partial charge in [0, 0.05) is 11.9 Å². The molecule has 1 rings (SSSR count). The van der Waals surface area contributed by atoms with Crippen LogP contribution >= 0.6 is 0 Å². The molecular weight excluding hydrogens is 340 g/mol. The van der Waals surface area contributed by atoms with Crippen molar-refractivity contribution in [1.82, 2.24) is 0 Å². The summed E-state index contributed by atoms with van der Waals surface area (Å²) < 4.78 is 69.2. The second kappa shape index (κ2) is 6.30. The molecule has 21 heavy (non-hydrogen) atoms. The molecular formula is C10H16N2O6S3. The Morgan fingerprint density at radius 3 is 1.90 bits per heavy atom. The lowest BCUT2D eigenvalue weighted by Gasteiger charge is -2.08. The maximum Gasteiger partial charge on any atom is 0.233 e. The summed E-state index contributed by atoms with van der Waals surface area (Å²) in [6.45, 7) is 0. The van der Waals surface area contributed by atoms with Crippen molar-refractivity contribution in [2.75, 3.05) is 22.5 Å². The Kier molecular flexibility index (Phi) is 5.36. The second-order valence-electron chi connectivity index (χ2n) is 4.55. The summed E-state index contributed by atoms with van der Waals surface area (Å²) in [6, 6.07) is 5.58. The number of rotatable bonds is 7. The zero-order chi connectivity index (χ0) is 16.3. The van der Waals surface area contributed by atoms with Crippen LogP contribution in [0.15, 0.2) is 24.3 Å². The Morgan fingerprint density at radius 2 is 1.48 bits per heavy atom. The number of hydrogen-bond acceptors (Lipinski definition) is 6. The Hall–Kier alpha value is -1.17. The standard InChI is InChI=1S/C10H16N2O6S3/c1-19(13,14)6-7-21(17,18)12-10-4-2-9(3-5-10)8-20(11,15)16/h2-5,12H,6-8H2,1H3,(H2,11,15,16). The van der Waals surface area contributed by atoms with Crippen molar-refractivity contribution in [3.63, 3.8) is 0 Å². The molecule has 1 aromatic rings. The first-order valence-corrected chi connectivity index (χ1v) is 11.1. The highest BCUT2D eigenvalue weighted by atomic mass is 32.2. The fourth-order valence-corrected chi connectivity index (χ4v) is 4.74. The summed E-state index contributed by atoms with van der Waals surface area (Å²) in [7, 11) is -10.8. The minimum atomic E-state index is -3.79. The van der Waals surface area contributed by atoms with Crippen LogP contribution < -0.4 is 9.86 Å². The summed E-state index contributed by atoms with van der Waals surface area (Å²) >= 11 is 0. The van der Waals surface area contributed by atoms with Crippen LogP contribution in [0.25, 0.3) is 0 Å². The van der Waals surface area contributed by atoms with E-state index in [2.05, 4.69) is 4.72 Å². The fourth-order valence-electron chi connectivity index (χ4n) is 1.39. The van der Waals surface area contributed by atoms with E-state index in [0.29, 0.717) is 5.56 Å². The molecule has 0 bridgehead atoms. The molecule has 0 radical (unpaired) electrons. The van der Waals surface area contributed by atoms with Gasteiger partial charge in [-0.05, 0) is 17.7 Å². The molecule has 3 N–H and O–H groups in total. The van der Waals surface area contributed by atoms with Crippen LogP contribution in [0.3, 0.4) is 0 Å². The Balaban J connectivity index is 2.75. The number of benzene rings is 1. The first kappa shape index (κ1) is 17.9. The van der Waals surface area contributed by atoms with E-state index in [1.54, 1.807) is 0 Å². The second-order valence-corrected chi connectivity index (χ2v) is 10.3. The lowest BCUT2D eigenvalue weighted by Crippen LogP contribution is -2.22. The Bertz CT molecular complexity index is 795. The van der Waals surface area contributed by atoms with Crippen LogP contribution in [0.4, 0.5) is 5.69 Å². The van der Waals surface area contributed by atoms with Crippen molar-refractivity contribution in [2.45, 2.75) is 5.75 Å². The molecule has 0 aliphatic heterocycles. The Morgan fingerprint density at radius 1 is 0.952 bits per heavy atom. The number of nitrogens with one attached hydrogen (secondary N) is 1. The largest absolute Gasteiger partial charge is 0.284 e. The summed E-state index contributed by atoms with van der Waals surface area (Å²) in [5, 5.41) is 4.89. The smallest absolute Gasteiger partial charge is 0.233 e. The number of sulfone groups is 1. The van der Waals surface area contributed by atoms with Crippen LogP contribution in [0.2, 0.25) is 0 Å². The molecule has 0 amide bonds. The van der Waals surface area contributed by atoms with E-state index in [1.165, 1.54) is 24.3 Å². The van der Waals surface area contributed by atoms with Crippen LogP contribution in [0, 0.1) is 0 Å². The van der Waals surface area contributed by atoms with Gasteiger partial charge in [0.15, 0.2) is 0 Å². The average molecular weight is 356 g/mol. The van der Waals surface area contributed by atoms with E-state index in [-0.39, 0.29) is 11.4 Å². The van der Waals surface area contributed by atoms with Gasteiger partial charge in [-0.25, -0.2) is 30.4 Å². The molecule has 0 aliphatic carbocycles. The van der Waals surface area contributed by atoms with Crippen molar-refractivity contribution in [3.05, 3.63) is 29.8 Å². The lowest BCUT2D eigenvalue weighted by molar-refractivity contribution is 0.593. The van der Waals surface area contributed by atoms with Crippen molar-refractivity contribution >= 4 is 35.6 Å². The van der Waals surface area contributed by atoms with Crippen molar-refractivity contribution < 1.29 is 25.3 Å². The van der Waals surface area contributed by atoms with Gasteiger partial charge in [-0.2, -0.15) is 0 Å². The van der Waals surface area contributed by atoms with Gasteiger partial charge in [0.05, 0.1) is 17.3 Å². The van der Waals surface area contributed by atoms with Gasteiger partial charge < -0.3 is 0 Å². The normalized spacial score (nSPS) is 13.0. The highest BCUT2D eigenvalue weighted by Gasteiger charge is 2.14. The van der Waals surface area contributed by atoms with E-state index < -0.39 is 41.4 Å². The van der Waals surface area contributed by atoms with Crippen LogP contribution in [0.1, 0.15) is 5.56 Å². The zero-order valence-corrected chi connectivity index (χ0v) is 13.6. The zero-order valence-electron chi connectivity index (χ0n) is 11.2. The van der Waals surface area contributed by atoms with Gasteiger partial charge in [-0.15, -0.1) is 0 Å². The van der Waals surface area contributed by atoms with Gasteiger partial charge in [0.1, 0.15) is 9.84 Å². The predicted octanol–water partition coefficient (Wildman–Crippen LogP) is -0.739. The fraction of sp³-hybridized carbons (Fsp3) is 0.400. The lowest BCUT2D eigenvalue weighted by atomic mass is 10.2. The molecule has 11 heteroatoms. The molecule has 0 aromatic heterocycles. The van der Waals surface area contributed by atoms with E-state index in [9.17, 15) is 25.3 Å². The first-order chi connectivity index (χ1) is 9.36.